The lowest BCUT2D eigenvalue weighted by atomic mass is 10.3. The van der Waals surface area contributed by atoms with Gasteiger partial charge in [0.05, 0.1) is 18.2 Å². The molecule has 0 unspecified atom stereocenters. The lowest BCUT2D eigenvalue weighted by Crippen LogP contribution is -1.98. The largest absolute Gasteiger partial charge is 0.478 e. The van der Waals surface area contributed by atoms with Gasteiger partial charge < -0.3 is 4.74 Å². The molecule has 1 aromatic rings. The molecule has 0 amide bonds. The van der Waals surface area contributed by atoms with Gasteiger partial charge in [-0.05, 0) is 12.5 Å². The number of pyridine rings is 1. The van der Waals surface area contributed by atoms with Crippen molar-refractivity contribution in [1.82, 2.24) is 4.98 Å². The number of ether oxygens (including phenoxy) is 1. The fraction of sp³-hybridized carbons (Fsp3) is 0.273. The Balaban J connectivity index is 2.44. The van der Waals surface area contributed by atoms with Crippen LogP contribution in [-0.4, -0.2) is 11.6 Å². The molecule has 0 spiro atoms. The standard InChI is InChI=1S/C11H10N2O/c1-2-3-4-7-14-11-8-10(9-12)5-6-13-11/h1,5-6,8H,3-4,7H2. The summed E-state index contributed by atoms with van der Waals surface area (Å²) in [6, 6.07) is 5.26. The molecule has 14 heavy (non-hydrogen) atoms. The lowest BCUT2D eigenvalue weighted by molar-refractivity contribution is 0.301. The normalized spacial score (nSPS) is 8.71. The van der Waals surface area contributed by atoms with E-state index in [4.69, 9.17) is 16.4 Å². The quantitative estimate of drug-likeness (QED) is 0.531. The van der Waals surface area contributed by atoms with Gasteiger partial charge in [-0.25, -0.2) is 4.98 Å². The third kappa shape index (κ3) is 3.16. The fourth-order valence-corrected chi connectivity index (χ4v) is 0.909. The van der Waals surface area contributed by atoms with Crippen LogP contribution in [0.25, 0.3) is 0 Å². The molecule has 3 heteroatoms. The maximum atomic E-state index is 8.61. The first kappa shape index (κ1) is 10.1. The maximum Gasteiger partial charge on any atom is 0.214 e. The van der Waals surface area contributed by atoms with Crippen LogP contribution in [0.1, 0.15) is 18.4 Å². The molecule has 0 N–H and O–H groups in total. The minimum atomic E-state index is 0.473. The van der Waals surface area contributed by atoms with E-state index in [2.05, 4.69) is 10.9 Å². The van der Waals surface area contributed by atoms with Crippen LogP contribution in [0.4, 0.5) is 0 Å². The first-order valence-corrected chi connectivity index (χ1v) is 4.29. The SMILES string of the molecule is C#CCCCOc1cc(C#N)ccn1. The number of aromatic nitrogens is 1. The van der Waals surface area contributed by atoms with Gasteiger partial charge in [0.1, 0.15) is 0 Å². The second kappa shape index (κ2) is 5.61. The summed E-state index contributed by atoms with van der Waals surface area (Å²) in [7, 11) is 0. The van der Waals surface area contributed by atoms with E-state index in [-0.39, 0.29) is 0 Å². The van der Waals surface area contributed by atoms with Crippen LogP contribution in [0.3, 0.4) is 0 Å². The molecule has 0 saturated carbocycles. The van der Waals surface area contributed by atoms with E-state index in [1.807, 2.05) is 6.07 Å². The molecule has 70 valence electrons. The van der Waals surface area contributed by atoms with Crippen molar-refractivity contribution in [2.45, 2.75) is 12.8 Å². The smallest absolute Gasteiger partial charge is 0.214 e. The van der Waals surface area contributed by atoms with Gasteiger partial charge in [0, 0.05) is 18.7 Å². The van der Waals surface area contributed by atoms with Crippen LogP contribution in [0.5, 0.6) is 5.88 Å². The van der Waals surface area contributed by atoms with Gasteiger partial charge in [0.2, 0.25) is 5.88 Å². The third-order valence-corrected chi connectivity index (χ3v) is 1.58. The van der Waals surface area contributed by atoms with Crippen LogP contribution >= 0.6 is 0 Å². The molecule has 1 aromatic heterocycles. The highest BCUT2D eigenvalue weighted by molar-refractivity contribution is 5.31. The number of nitrogens with zero attached hydrogens (tertiary/aromatic N) is 2. The Labute approximate surface area is 83.3 Å². The van der Waals surface area contributed by atoms with Gasteiger partial charge in [-0.2, -0.15) is 5.26 Å². The molecule has 0 aliphatic carbocycles. The molecular weight excluding hydrogens is 176 g/mol. The third-order valence-electron chi connectivity index (χ3n) is 1.58. The fourth-order valence-electron chi connectivity index (χ4n) is 0.909. The van der Waals surface area contributed by atoms with Crippen molar-refractivity contribution in [3.8, 4) is 24.3 Å². The molecule has 0 atom stereocenters. The minimum absolute atomic E-state index is 0.473. The molecular formula is C11H10N2O. The van der Waals surface area contributed by atoms with Crippen LogP contribution in [0.2, 0.25) is 0 Å². The highest BCUT2D eigenvalue weighted by atomic mass is 16.5. The summed E-state index contributed by atoms with van der Waals surface area (Å²) in [4.78, 5) is 3.96. The zero-order chi connectivity index (χ0) is 10.2. The Morgan fingerprint density at radius 1 is 1.57 bits per heavy atom. The molecule has 0 aliphatic heterocycles. The minimum Gasteiger partial charge on any atom is -0.478 e. The molecule has 1 heterocycles. The van der Waals surface area contributed by atoms with Crippen LogP contribution in [0.15, 0.2) is 18.3 Å². The summed E-state index contributed by atoms with van der Waals surface area (Å²) in [6.07, 6.45) is 8.13. The second-order valence-electron chi connectivity index (χ2n) is 2.65. The molecule has 0 bridgehead atoms. The Morgan fingerprint density at radius 3 is 3.14 bits per heavy atom. The molecule has 0 aromatic carbocycles. The average Bonchev–Trinajstić information content (AvgIpc) is 2.25. The van der Waals surface area contributed by atoms with Gasteiger partial charge in [-0.1, -0.05) is 0 Å². The van der Waals surface area contributed by atoms with Gasteiger partial charge in [0.15, 0.2) is 0 Å². The Kier molecular flexibility index (Phi) is 4.04. The van der Waals surface area contributed by atoms with E-state index in [1.54, 1.807) is 18.3 Å². The van der Waals surface area contributed by atoms with Crippen molar-refractivity contribution in [1.29, 1.82) is 5.26 Å². The summed E-state index contributed by atoms with van der Waals surface area (Å²) in [5.74, 6) is 3.00. The highest BCUT2D eigenvalue weighted by Crippen LogP contribution is 2.08. The summed E-state index contributed by atoms with van der Waals surface area (Å²) in [5, 5.41) is 8.61. The topological polar surface area (TPSA) is 45.9 Å². The maximum absolute atomic E-state index is 8.61. The zero-order valence-electron chi connectivity index (χ0n) is 7.73. The number of terminal acetylenes is 1. The summed E-state index contributed by atoms with van der Waals surface area (Å²) in [6.45, 7) is 0.534. The molecule has 0 saturated heterocycles. The van der Waals surface area contributed by atoms with Crippen molar-refractivity contribution in [2.24, 2.45) is 0 Å². The van der Waals surface area contributed by atoms with Crippen molar-refractivity contribution in [3.63, 3.8) is 0 Å². The zero-order valence-corrected chi connectivity index (χ0v) is 7.73. The van der Waals surface area contributed by atoms with E-state index in [0.29, 0.717) is 24.5 Å². The van der Waals surface area contributed by atoms with Gasteiger partial charge >= 0.3 is 0 Å². The monoisotopic (exact) mass is 186 g/mol. The number of nitriles is 1. The van der Waals surface area contributed by atoms with E-state index in [1.165, 1.54) is 0 Å². The predicted octanol–water partition coefficient (Wildman–Crippen LogP) is 1.75. The first-order valence-electron chi connectivity index (χ1n) is 4.29. The molecule has 0 aliphatic rings. The molecule has 1 rings (SSSR count). The Hall–Kier alpha value is -2.00. The van der Waals surface area contributed by atoms with Crippen molar-refractivity contribution in [3.05, 3.63) is 23.9 Å². The van der Waals surface area contributed by atoms with Gasteiger partial charge in [-0.3, -0.25) is 0 Å². The van der Waals surface area contributed by atoms with E-state index >= 15 is 0 Å². The summed E-state index contributed by atoms with van der Waals surface area (Å²) < 4.78 is 5.29. The molecule has 0 fully saturated rings. The second-order valence-corrected chi connectivity index (χ2v) is 2.65. The predicted molar refractivity (Wildman–Crippen MR) is 52.5 cm³/mol. The highest BCUT2D eigenvalue weighted by Gasteiger charge is 1.96. The number of hydrogen-bond acceptors (Lipinski definition) is 3. The van der Waals surface area contributed by atoms with Gasteiger partial charge in [0.25, 0.3) is 0 Å². The van der Waals surface area contributed by atoms with Crippen molar-refractivity contribution < 1.29 is 4.74 Å². The number of hydrogen-bond donors (Lipinski definition) is 0. The summed E-state index contributed by atoms with van der Waals surface area (Å²) in [5.41, 5.74) is 0.548. The van der Waals surface area contributed by atoms with E-state index in [0.717, 1.165) is 6.42 Å². The number of rotatable bonds is 4. The van der Waals surface area contributed by atoms with E-state index < -0.39 is 0 Å². The lowest BCUT2D eigenvalue weighted by Gasteiger charge is -2.02. The summed E-state index contributed by atoms with van der Waals surface area (Å²) >= 11 is 0. The first-order chi connectivity index (χ1) is 6.86. The number of unbranched alkanes of at least 4 members (excludes halogenated alkanes) is 1. The van der Waals surface area contributed by atoms with Crippen molar-refractivity contribution >= 4 is 0 Å². The molecule has 3 nitrogen and oxygen atoms in total. The van der Waals surface area contributed by atoms with Crippen molar-refractivity contribution in [2.75, 3.05) is 6.61 Å². The van der Waals surface area contributed by atoms with Gasteiger partial charge in [-0.15, -0.1) is 12.3 Å². The Bertz CT molecular complexity index is 374. The van der Waals surface area contributed by atoms with Crippen LogP contribution < -0.4 is 4.74 Å². The van der Waals surface area contributed by atoms with Crippen LogP contribution in [-0.2, 0) is 0 Å². The average molecular weight is 186 g/mol. The Morgan fingerprint density at radius 2 is 2.43 bits per heavy atom. The van der Waals surface area contributed by atoms with Crippen LogP contribution in [0, 0.1) is 23.7 Å². The van der Waals surface area contributed by atoms with E-state index in [9.17, 15) is 0 Å². The molecule has 0 radical (unpaired) electrons.